The van der Waals surface area contributed by atoms with E-state index >= 15 is 0 Å². The highest BCUT2D eigenvalue weighted by Gasteiger charge is 2.29. The Morgan fingerprint density at radius 3 is 1.45 bits per heavy atom. The lowest BCUT2D eigenvalue weighted by Crippen LogP contribution is -2.32. The molecule has 4 atom stereocenters. The zero-order chi connectivity index (χ0) is 25.7. The van der Waals surface area contributed by atoms with Gasteiger partial charge in [-0.15, -0.1) is 0 Å². The molecule has 2 saturated carbocycles. The van der Waals surface area contributed by atoms with E-state index in [9.17, 15) is 4.79 Å². The van der Waals surface area contributed by atoms with Gasteiger partial charge in [0.1, 0.15) is 23.7 Å². The van der Waals surface area contributed by atoms with Crippen molar-refractivity contribution in [2.45, 2.75) is 75.7 Å². The molecule has 7 heteroatoms. The van der Waals surface area contributed by atoms with Gasteiger partial charge in [-0.05, 0) is 87.1 Å². The molecule has 2 heterocycles. The summed E-state index contributed by atoms with van der Waals surface area (Å²) in [5.41, 5.74) is 1.29. The van der Waals surface area contributed by atoms with Gasteiger partial charge in [0.25, 0.3) is 0 Å². The van der Waals surface area contributed by atoms with E-state index in [0.717, 1.165) is 50.0 Å². The molecule has 196 valence electrons. The lowest BCUT2D eigenvalue weighted by Gasteiger charge is -2.32. The molecule has 4 aromatic rings. The van der Waals surface area contributed by atoms with Gasteiger partial charge in [-0.3, -0.25) is 4.79 Å². The van der Waals surface area contributed by atoms with Crippen LogP contribution in [0.2, 0.25) is 0 Å². The monoisotopic (exact) mass is 510 g/mol. The van der Waals surface area contributed by atoms with Crippen LogP contribution in [-0.2, 0) is 0 Å². The number of rotatable bonds is 8. The summed E-state index contributed by atoms with van der Waals surface area (Å²) in [7, 11) is 0. The van der Waals surface area contributed by atoms with Gasteiger partial charge in [0.05, 0.1) is 24.7 Å². The van der Waals surface area contributed by atoms with Crippen molar-refractivity contribution in [1.82, 2.24) is 19.1 Å². The Bertz CT molecular complexity index is 1200. The van der Waals surface area contributed by atoms with Gasteiger partial charge >= 0.3 is 0 Å². The Labute approximate surface area is 223 Å². The summed E-state index contributed by atoms with van der Waals surface area (Å²) < 4.78 is 17.1. The van der Waals surface area contributed by atoms with E-state index in [1.54, 1.807) is 0 Å². The second kappa shape index (κ2) is 11.3. The second-order valence-corrected chi connectivity index (χ2v) is 10.4. The molecule has 0 aliphatic heterocycles. The van der Waals surface area contributed by atoms with E-state index in [-0.39, 0.29) is 30.1 Å². The minimum atomic E-state index is -0.00832. The van der Waals surface area contributed by atoms with Crippen LogP contribution in [0.3, 0.4) is 0 Å². The molecule has 4 unspecified atom stereocenters. The third-order valence-corrected chi connectivity index (χ3v) is 7.96. The van der Waals surface area contributed by atoms with Gasteiger partial charge in [-0.25, -0.2) is 9.97 Å². The molecular weight excluding hydrogens is 476 g/mol. The summed E-state index contributed by atoms with van der Waals surface area (Å²) in [6.07, 6.45) is 20.5. The molecule has 0 radical (unpaired) electrons. The SMILES string of the molecule is O=C(c1ccc(OC2CCCCC2n2ccnc2)cc1)c1ccc(OC2CCCCC2n2ccnc2)cc1. The summed E-state index contributed by atoms with van der Waals surface area (Å²) in [6, 6.07) is 15.6. The number of benzene rings is 2. The average molecular weight is 511 g/mol. The predicted octanol–water partition coefficient (Wildman–Crippen LogP) is 6.44. The number of hydrogen-bond donors (Lipinski definition) is 0. The third-order valence-electron chi connectivity index (χ3n) is 7.96. The van der Waals surface area contributed by atoms with Gasteiger partial charge in [-0.2, -0.15) is 0 Å². The highest BCUT2D eigenvalue weighted by Crippen LogP contribution is 2.33. The minimum Gasteiger partial charge on any atom is -0.488 e. The minimum absolute atomic E-state index is 0.00832. The first-order valence-corrected chi connectivity index (χ1v) is 13.8. The average Bonchev–Trinajstić information content (AvgIpc) is 3.70. The third kappa shape index (κ3) is 5.37. The summed E-state index contributed by atoms with van der Waals surface area (Å²) in [6.45, 7) is 0. The highest BCUT2D eigenvalue weighted by atomic mass is 16.5. The fourth-order valence-corrected chi connectivity index (χ4v) is 5.93. The molecular formula is C31H34N4O3. The summed E-state index contributed by atoms with van der Waals surface area (Å²) in [5.74, 6) is 1.58. The Hall–Kier alpha value is -3.87. The van der Waals surface area contributed by atoms with Crippen LogP contribution in [0.1, 0.15) is 79.4 Å². The molecule has 38 heavy (non-hydrogen) atoms. The lowest BCUT2D eigenvalue weighted by atomic mass is 9.92. The molecule has 0 bridgehead atoms. The summed E-state index contributed by atoms with van der Waals surface area (Å²) in [5, 5.41) is 0. The summed E-state index contributed by atoms with van der Waals surface area (Å²) >= 11 is 0. The number of ether oxygens (including phenoxy) is 2. The van der Waals surface area contributed by atoms with Crippen LogP contribution in [0.25, 0.3) is 0 Å². The normalized spacial score (nSPS) is 23.6. The Balaban J connectivity index is 1.09. The number of hydrogen-bond acceptors (Lipinski definition) is 5. The smallest absolute Gasteiger partial charge is 0.193 e. The fraction of sp³-hybridized carbons (Fsp3) is 0.387. The van der Waals surface area contributed by atoms with Gasteiger partial charge in [0.15, 0.2) is 5.78 Å². The van der Waals surface area contributed by atoms with E-state index in [0.29, 0.717) is 11.1 Å². The van der Waals surface area contributed by atoms with Crippen molar-refractivity contribution >= 4 is 5.78 Å². The van der Waals surface area contributed by atoms with E-state index < -0.39 is 0 Å². The molecule has 0 saturated heterocycles. The van der Waals surface area contributed by atoms with E-state index in [2.05, 4.69) is 19.1 Å². The van der Waals surface area contributed by atoms with Crippen LogP contribution in [0, 0.1) is 0 Å². The van der Waals surface area contributed by atoms with Crippen LogP contribution in [0.15, 0.2) is 86.0 Å². The maximum Gasteiger partial charge on any atom is 0.193 e. The van der Waals surface area contributed by atoms with Gasteiger partial charge in [0, 0.05) is 35.9 Å². The van der Waals surface area contributed by atoms with Crippen LogP contribution >= 0.6 is 0 Å². The first-order valence-electron chi connectivity index (χ1n) is 13.8. The van der Waals surface area contributed by atoms with E-state index in [1.807, 2.05) is 86.0 Å². The molecule has 2 aliphatic carbocycles. The van der Waals surface area contributed by atoms with Crippen molar-refractivity contribution in [1.29, 1.82) is 0 Å². The molecule has 2 fully saturated rings. The largest absolute Gasteiger partial charge is 0.488 e. The molecule has 2 aliphatic rings. The number of aromatic nitrogens is 4. The topological polar surface area (TPSA) is 71.2 Å². The van der Waals surface area contributed by atoms with Crippen LogP contribution in [-0.4, -0.2) is 37.1 Å². The second-order valence-electron chi connectivity index (χ2n) is 10.4. The lowest BCUT2D eigenvalue weighted by molar-refractivity contribution is 0.0976. The molecule has 0 N–H and O–H groups in total. The Morgan fingerprint density at radius 2 is 1.05 bits per heavy atom. The number of carbonyl (C=O) groups is 1. The molecule has 0 amide bonds. The molecule has 0 spiro atoms. The van der Waals surface area contributed by atoms with Crippen molar-refractivity contribution in [2.75, 3.05) is 0 Å². The number of nitrogens with zero attached hydrogens (tertiary/aromatic N) is 4. The van der Waals surface area contributed by atoms with Crippen LogP contribution < -0.4 is 9.47 Å². The molecule has 7 nitrogen and oxygen atoms in total. The van der Waals surface area contributed by atoms with Gasteiger partial charge in [0.2, 0.25) is 0 Å². The van der Waals surface area contributed by atoms with Crippen molar-refractivity contribution in [3.63, 3.8) is 0 Å². The zero-order valence-corrected chi connectivity index (χ0v) is 21.6. The summed E-state index contributed by atoms with van der Waals surface area (Å²) in [4.78, 5) is 21.6. The van der Waals surface area contributed by atoms with Crippen molar-refractivity contribution in [2.24, 2.45) is 0 Å². The predicted molar refractivity (Wildman–Crippen MR) is 145 cm³/mol. The quantitative estimate of drug-likeness (QED) is 0.255. The van der Waals surface area contributed by atoms with Gasteiger partial charge in [-0.1, -0.05) is 12.8 Å². The van der Waals surface area contributed by atoms with Crippen molar-refractivity contribution < 1.29 is 14.3 Å². The molecule has 6 rings (SSSR count). The van der Waals surface area contributed by atoms with Crippen molar-refractivity contribution in [3.05, 3.63) is 97.1 Å². The van der Waals surface area contributed by atoms with Crippen LogP contribution in [0.5, 0.6) is 11.5 Å². The van der Waals surface area contributed by atoms with E-state index in [1.165, 1.54) is 12.8 Å². The molecule has 2 aromatic heterocycles. The Kier molecular flexibility index (Phi) is 7.25. The first kappa shape index (κ1) is 24.5. The molecule has 2 aromatic carbocycles. The van der Waals surface area contributed by atoms with Crippen LogP contribution in [0.4, 0.5) is 0 Å². The standard InChI is InChI=1S/C31H34N4O3/c36-31(23-9-13-25(14-10-23)37-29-7-3-1-5-27(29)34-19-17-32-21-34)24-11-15-26(16-12-24)38-30-8-4-2-6-28(30)35-20-18-33-22-35/h9-22,27-30H,1-8H2. The Morgan fingerprint density at radius 1 is 0.632 bits per heavy atom. The fourth-order valence-electron chi connectivity index (χ4n) is 5.93. The number of carbonyl (C=O) groups excluding carboxylic acids is 1. The maximum atomic E-state index is 13.2. The highest BCUT2D eigenvalue weighted by molar-refractivity contribution is 6.09. The van der Waals surface area contributed by atoms with E-state index in [4.69, 9.17) is 9.47 Å². The maximum absolute atomic E-state index is 13.2. The number of imidazole rings is 2. The van der Waals surface area contributed by atoms with Gasteiger partial charge < -0.3 is 18.6 Å². The number of ketones is 1. The van der Waals surface area contributed by atoms with Crippen molar-refractivity contribution in [3.8, 4) is 11.5 Å². The zero-order valence-electron chi connectivity index (χ0n) is 21.6. The first-order chi connectivity index (χ1) is 18.7.